The first kappa shape index (κ1) is 17.9. The van der Waals surface area contributed by atoms with Crippen LogP contribution in [0.3, 0.4) is 0 Å². The third-order valence-corrected chi connectivity index (χ3v) is 3.45. The van der Waals surface area contributed by atoms with Gasteiger partial charge in [0.15, 0.2) is 5.96 Å². The van der Waals surface area contributed by atoms with Crippen LogP contribution in [-0.4, -0.2) is 39.3 Å². The van der Waals surface area contributed by atoms with E-state index in [9.17, 15) is 4.39 Å². The van der Waals surface area contributed by atoms with E-state index in [1.54, 1.807) is 14.2 Å². The maximum absolute atomic E-state index is 13.7. The fraction of sp³-hybridized carbons (Fsp3) is 0.533. The normalized spacial score (nSPS) is 13.1. The van der Waals surface area contributed by atoms with Gasteiger partial charge in [0, 0.05) is 31.2 Å². The van der Waals surface area contributed by atoms with Gasteiger partial charge < -0.3 is 15.4 Å². The minimum Gasteiger partial charge on any atom is -0.383 e. The number of aliphatic imine (C=N–C) groups is 1. The second-order valence-corrected chi connectivity index (χ2v) is 5.75. The molecule has 1 aromatic rings. The summed E-state index contributed by atoms with van der Waals surface area (Å²) in [4.78, 5) is 4.14. The summed E-state index contributed by atoms with van der Waals surface area (Å²) in [6.07, 6.45) is 1.52. The molecule has 0 fully saturated rings. The standard InChI is InChI=1S/C15H23BrFN3O/c1-11(10-21-3)20-15(18-2)19-8-4-5-12-6-7-13(16)9-14(12)17/h6-7,9,11H,4-5,8,10H2,1-3H3,(H2,18,19,20). The topological polar surface area (TPSA) is 45.7 Å². The minimum atomic E-state index is -0.166. The van der Waals surface area contributed by atoms with Crippen LogP contribution in [0.2, 0.25) is 0 Å². The lowest BCUT2D eigenvalue weighted by Crippen LogP contribution is -2.44. The molecular weight excluding hydrogens is 337 g/mol. The molecule has 1 atom stereocenters. The van der Waals surface area contributed by atoms with Gasteiger partial charge >= 0.3 is 0 Å². The Morgan fingerprint density at radius 2 is 2.24 bits per heavy atom. The van der Waals surface area contributed by atoms with Crippen LogP contribution >= 0.6 is 15.9 Å². The van der Waals surface area contributed by atoms with Crippen molar-refractivity contribution in [3.8, 4) is 0 Å². The van der Waals surface area contributed by atoms with Crippen LogP contribution in [0.25, 0.3) is 0 Å². The van der Waals surface area contributed by atoms with Gasteiger partial charge in [0.25, 0.3) is 0 Å². The Hall–Kier alpha value is -1.14. The summed E-state index contributed by atoms with van der Waals surface area (Å²) >= 11 is 3.26. The van der Waals surface area contributed by atoms with Crippen molar-refractivity contribution in [3.63, 3.8) is 0 Å². The average Bonchev–Trinajstić information content (AvgIpc) is 2.44. The number of ether oxygens (including phenoxy) is 1. The summed E-state index contributed by atoms with van der Waals surface area (Å²) in [7, 11) is 3.39. The zero-order chi connectivity index (χ0) is 15.7. The highest BCUT2D eigenvalue weighted by Crippen LogP contribution is 2.16. The van der Waals surface area contributed by atoms with E-state index in [4.69, 9.17) is 4.74 Å². The zero-order valence-corrected chi connectivity index (χ0v) is 14.3. The first-order valence-electron chi connectivity index (χ1n) is 6.97. The SMILES string of the molecule is CN=C(NCCCc1ccc(Br)cc1F)NC(C)COC. The number of methoxy groups -OCH3 is 1. The van der Waals surface area contributed by atoms with Crippen LogP contribution in [0.4, 0.5) is 4.39 Å². The first-order chi connectivity index (χ1) is 10.1. The van der Waals surface area contributed by atoms with Gasteiger partial charge in [0.2, 0.25) is 0 Å². The summed E-state index contributed by atoms with van der Waals surface area (Å²) in [5.74, 6) is 0.566. The molecule has 0 bridgehead atoms. The van der Waals surface area contributed by atoms with Crippen LogP contribution in [-0.2, 0) is 11.2 Å². The van der Waals surface area contributed by atoms with Crippen molar-refractivity contribution in [3.05, 3.63) is 34.1 Å². The maximum atomic E-state index is 13.7. The molecule has 0 aliphatic rings. The van der Waals surface area contributed by atoms with Gasteiger partial charge in [-0.1, -0.05) is 22.0 Å². The fourth-order valence-corrected chi connectivity index (χ4v) is 2.26. The molecule has 0 heterocycles. The average molecular weight is 360 g/mol. The first-order valence-corrected chi connectivity index (χ1v) is 7.76. The number of hydrogen-bond donors (Lipinski definition) is 2. The number of hydrogen-bond acceptors (Lipinski definition) is 2. The molecular formula is C15H23BrFN3O. The summed E-state index contributed by atoms with van der Waals surface area (Å²) in [5, 5.41) is 6.43. The predicted molar refractivity (Wildman–Crippen MR) is 88.3 cm³/mol. The summed E-state index contributed by atoms with van der Waals surface area (Å²) in [6.45, 7) is 3.37. The van der Waals surface area contributed by atoms with E-state index in [1.807, 2.05) is 19.1 Å². The van der Waals surface area contributed by atoms with E-state index in [-0.39, 0.29) is 11.9 Å². The largest absolute Gasteiger partial charge is 0.383 e. The predicted octanol–water partition coefficient (Wildman–Crippen LogP) is 2.72. The number of rotatable bonds is 7. The molecule has 0 radical (unpaired) electrons. The van der Waals surface area contributed by atoms with Crippen LogP contribution in [0.5, 0.6) is 0 Å². The molecule has 118 valence electrons. The molecule has 0 saturated carbocycles. The van der Waals surface area contributed by atoms with Gasteiger partial charge in [-0.05, 0) is 37.5 Å². The summed E-state index contributed by atoms with van der Waals surface area (Å²) < 4.78 is 19.5. The highest BCUT2D eigenvalue weighted by Gasteiger charge is 2.05. The van der Waals surface area contributed by atoms with Gasteiger partial charge in [0.05, 0.1) is 6.61 Å². The molecule has 1 aromatic carbocycles. The van der Waals surface area contributed by atoms with Gasteiger partial charge in [-0.15, -0.1) is 0 Å². The Labute approximate surface area is 134 Å². The van der Waals surface area contributed by atoms with E-state index < -0.39 is 0 Å². The molecule has 6 heteroatoms. The number of nitrogens with one attached hydrogen (secondary N) is 2. The van der Waals surface area contributed by atoms with Crippen molar-refractivity contribution >= 4 is 21.9 Å². The second kappa shape index (κ2) is 9.73. The van der Waals surface area contributed by atoms with E-state index in [2.05, 4.69) is 31.6 Å². The van der Waals surface area contributed by atoms with E-state index in [0.717, 1.165) is 29.0 Å². The zero-order valence-electron chi connectivity index (χ0n) is 12.7. The Kier molecular flexibility index (Phi) is 8.30. The Bertz CT molecular complexity index is 468. The summed E-state index contributed by atoms with van der Waals surface area (Å²) in [6, 6.07) is 5.35. The van der Waals surface area contributed by atoms with Crippen molar-refractivity contribution < 1.29 is 9.13 Å². The molecule has 0 aromatic heterocycles. The highest BCUT2D eigenvalue weighted by molar-refractivity contribution is 9.10. The monoisotopic (exact) mass is 359 g/mol. The lowest BCUT2D eigenvalue weighted by atomic mass is 10.1. The Morgan fingerprint density at radius 1 is 1.48 bits per heavy atom. The number of nitrogens with zero attached hydrogens (tertiary/aromatic N) is 1. The molecule has 0 aliphatic heterocycles. The number of aryl methyl sites for hydroxylation is 1. The third kappa shape index (κ3) is 6.91. The lowest BCUT2D eigenvalue weighted by molar-refractivity contribution is 0.179. The number of benzene rings is 1. The second-order valence-electron chi connectivity index (χ2n) is 4.84. The van der Waals surface area contributed by atoms with Crippen LogP contribution in [0.15, 0.2) is 27.7 Å². The van der Waals surface area contributed by atoms with Crippen molar-refractivity contribution in [1.82, 2.24) is 10.6 Å². The van der Waals surface area contributed by atoms with E-state index in [0.29, 0.717) is 13.0 Å². The minimum absolute atomic E-state index is 0.166. The molecule has 4 nitrogen and oxygen atoms in total. The maximum Gasteiger partial charge on any atom is 0.191 e. The number of halogens is 2. The summed E-state index contributed by atoms with van der Waals surface area (Å²) in [5.41, 5.74) is 0.732. The molecule has 0 aliphatic carbocycles. The molecule has 0 saturated heterocycles. The third-order valence-electron chi connectivity index (χ3n) is 2.95. The van der Waals surface area contributed by atoms with Crippen LogP contribution in [0.1, 0.15) is 18.9 Å². The van der Waals surface area contributed by atoms with Crippen molar-refractivity contribution in [2.45, 2.75) is 25.8 Å². The van der Waals surface area contributed by atoms with Crippen LogP contribution in [0, 0.1) is 5.82 Å². The lowest BCUT2D eigenvalue weighted by Gasteiger charge is -2.17. The van der Waals surface area contributed by atoms with Crippen molar-refractivity contribution in [1.29, 1.82) is 0 Å². The highest BCUT2D eigenvalue weighted by atomic mass is 79.9. The smallest absolute Gasteiger partial charge is 0.191 e. The molecule has 1 rings (SSSR count). The molecule has 21 heavy (non-hydrogen) atoms. The van der Waals surface area contributed by atoms with E-state index >= 15 is 0 Å². The Balaban J connectivity index is 2.32. The molecule has 2 N–H and O–H groups in total. The van der Waals surface area contributed by atoms with Gasteiger partial charge in [0.1, 0.15) is 5.82 Å². The molecule has 1 unspecified atom stereocenters. The van der Waals surface area contributed by atoms with Crippen LogP contribution < -0.4 is 10.6 Å². The fourth-order valence-electron chi connectivity index (χ4n) is 1.93. The number of guanidine groups is 1. The van der Waals surface area contributed by atoms with Crippen molar-refractivity contribution in [2.24, 2.45) is 4.99 Å². The molecule has 0 spiro atoms. The van der Waals surface area contributed by atoms with E-state index in [1.165, 1.54) is 6.07 Å². The quantitative estimate of drug-likeness (QED) is 0.447. The molecule has 0 amide bonds. The van der Waals surface area contributed by atoms with Gasteiger partial charge in [-0.2, -0.15) is 0 Å². The Morgan fingerprint density at radius 3 is 2.86 bits per heavy atom. The van der Waals surface area contributed by atoms with Crippen molar-refractivity contribution in [2.75, 3.05) is 27.3 Å². The van der Waals surface area contributed by atoms with Gasteiger partial charge in [-0.25, -0.2) is 4.39 Å². The van der Waals surface area contributed by atoms with Gasteiger partial charge in [-0.3, -0.25) is 4.99 Å².